The maximum atomic E-state index is 14.1. The molecular formula is C35H36Cl2N6O5S. The van der Waals surface area contributed by atoms with Crippen LogP contribution in [0, 0.1) is 19.3 Å². The molecule has 49 heavy (non-hydrogen) atoms. The van der Waals surface area contributed by atoms with Gasteiger partial charge < -0.3 is 20.3 Å². The number of fused-ring (bicyclic) bond motifs is 1. The molecule has 3 N–H and O–H groups in total. The van der Waals surface area contributed by atoms with Crippen LogP contribution in [0.25, 0.3) is 10.9 Å². The summed E-state index contributed by atoms with van der Waals surface area (Å²) in [5.74, 6) is -0.149. The molecule has 2 aliphatic rings. The summed E-state index contributed by atoms with van der Waals surface area (Å²) in [4.78, 5) is 34.6. The highest BCUT2D eigenvalue weighted by atomic mass is 35.5. The van der Waals surface area contributed by atoms with Crippen LogP contribution >= 0.6 is 23.2 Å². The first-order valence-electron chi connectivity index (χ1n) is 15.9. The maximum Gasteiger partial charge on any atom is 0.253 e. The van der Waals surface area contributed by atoms with Gasteiger partial charge in [-0.2, -0.15) is 4.31 Å². The number of halogens is 2. The molecule has 3 heterocycles. The minimum atomic E-state index is -4.21. The number of piperazine rings is 1. The van der Waals surface area contributed by atoms with E-state index in [1.165, 1.54) is 16.4 Å². The number of hydrogen-bond donors (Lipinski definition) is 2. The molecule has 4 aromatic rings. The van der Waals surface area contributed by atoms with Crippen LogP contribution in [0.5, 0.6) is 5.75 Å². The standard InChI is InChI=1S/C35H36Cl2N6O5S/c1-21-18-22(2)40-32-25(21)8-4-10-29(32)48-20-26-27(36)11-12-30(31(26)37)49(46,47)43-13-5-9-28(43)35(45)42-16-14-41(15-17-42)34(44)24-7-3-6-23(19-24)33(38)39/h3-4,6-8,10-12,18-19,28H,5,9,13-17,20H2,1-2H3,(H3,38,39). The number of carbonyl (C=O) groups is 2. The number of amidine groups is 1. The predicted octanol–water partition coefficient (Wildman–Crippen LogP) is 5.16. The summed E-state index contributed by atoms with van der Waals surface area (Å²) in [6.07, 6.45) is 0.873. The Kier molecular flexibility index (Phi) is 9.86. The van der Waals surface area contributed by atoms with Gasteiger partial charge in [0.1, 0.15) is 34.6 Å². The van der Waals surface area contributed by atoms with Gasteiger partial charge in [0.15, 0.2) is 0 Å². The van der Waals surface area contributed by atoms with Crippen LogP contribution in [0.4, 0.5) is 0 Å². The minimum Gasteiger partial charge on any atom is -0.487 e. The lowest BCUT2D eigenvalue weighted by atomic mass is 10.1. The summed E-state index contributed by atoms with van der Waals surface area (Å²) in [6, 6.07) is 16.1. The zero-order chi connectivity index (χ0) is 35.0. The molecule has 0 spiro atoms. The second kappa shape index (κ2) is 13.9. The van der Waals surface area contributed by atoms with Gasteiger partial charge in [-0.3, -0.25) is 15.0 Å². The molecule has 2 fully saturated rings. The van der Waals surface area contributed by atoms with Crippen molar-refractivity contribution >= 4 is 61.8 Å². The SMILES string of the molecule is Cc1cc(C)c2cccc(OCc3c(Cl)ccc(S(=O)(=O)N4CCCC4C(=O)N4CCN(C(=O)c5cccc(C(=N)N)c5)CC4)c3Cl)c2n1. The fourth-order valence-corrected chi connectivity index (χ4v) is 8.99. The summed E-state index contributed by atoms with van der Waals surface area (Å²) in [7, 11) is -4.21. The largest absolute Gasteiger partial charge is 0.487 e. The smallest absolute Gasteiger partial charge is 0.253 e. The van der Waals surface area contributed by atoms with Crippen molar-refractivity contribution in [3.8, 4) is 5.75 Å². The number of carbonyl (C=O) groups excluding carboxylic acids is 2. The highest BCUT2D eigenvalue weighted by molar-refractivity contribution is 7.89. The fraction of sp³-hybridized carbons (Fsp3) is 0.314. The summed E-state index contributed by atoms with van der Waals surface area (Å²) in [6.45, 7) is 5.05. The Balaban J connectivity index is 1.16. The van der Waals surface area contributed by atoms with Crippen molar-refractivity contribution in [2.75, 3.05) is 32.7 Å². The molecule has 0 aliphatic carbocycles. The molecular weight excluding hydrogens is 687 g/mol. The lowest BCUT2D eigenvalue weighted by molar-refractivity contribution is -0.136. The topological polar surface area (TPSA) is 150 Å². The predicted molar refractivity (Wildman–Crippen MR) is 189 cm³/mol. The van der Waals surface area contributed by atoms with Gasteiger partial charge in [0.2, 0.25) is 15.9 Å². The van der Waals surface area contributed by atoms with Crippen LogP contribution in [-0.2, 0) is 21.4 Å². The molecule has 1 aromatic heterocycles. The zero-order valence-corrected chi connectivity index (χ0v) is 29.4. The highest BCUT2D eigenvalue weighted by Crippen LogP contribution is 2.37. The normalized spacial score (nSPS) is 17.0. The Hall–Kier alpha value is -4.23. The van der Waals surface area contributed by atoms with Crippen molar-refractivity contribution < 1.29 is 22.7 Å². The van der Waals surface area contributed by atoms with Gasteiger partial charge >= 0.3 is 0 Å². The molecule has 2 aliphatic heterocycles. The van der Waals surface area contributed by atoms with Gasteiger partial charge in [0.05, 0.1) is 5.02 Å². The molecule has 1 atom stereocenters. The van der Waals surface area contributed by atoms with Gasteiger partial charge in [0.25, 0.3) is 5.91 Å². The maximum absolute atomic E-state index is 14.1. The molecule has 0 bridgehead atoms. The molecule has 0 saturated carbocycles. The van der Waals surface area contributed by atoms with Crippen LogP contribution < -0.4 is 10.5 Å². The van der Waals surface area contributed by atoms with Crippen molar-refractivity contribution in [2.45, 2.75) is 44.2 Å². The molecule has 1 unspecified atom stereocenters. The van der Waals surface area contributed by atoms with Gasteiger partial charge in [0, 0.05) is 65.5 Å². The summed E-state index contributed by atoms with van der Waals surface area (Å²) in [5, 5.41) is 8.77. The van der Waals surface area contributed by atoms with Crippen molar-refractivity contribution in [3.05, 3.63) is 98.7 Å². The number of ether oxygens (including phenoxy) is 1. The first kappa shape index (κ1) is 34.6. The van der Waals surface area contributed by atoms with E-state index in [9.17, 15) is 18.0 Å². The van der Waals surface area contributed by atoms with Gasteiger partial charge in [-0.15, -0.1) is 0 Å². The average Bonchev–Trinajstić information content (AvgIpc) is 3.59. The summed E-state index contributed by atoms with van der Waals surface area (Å²) in [5.41, 5.74) is 9.32. The van der Waals surface area contributed by atoms with E-state index in [1.54, 1.807) is 40.1 Å². The van der Waals surface area contributed by atoms with Crippen LogP contribution in [0.3, 0.4) is 0 Å². The molecule has 0 radical (unpaired) electrons. The third-order valence-corrected chi connectivity index (χ3v) is 11.9. The second-order valence-electron chi connectivity index (χ2n) is 12.2. The van der Waals surface area contributed by atoms with Crippen molar-refractivity contribution in [2.24, 2.45) is 5.73 Å². The van der Waals surface area contributed by atoms with Crippen molar-refractivity contribution in [3.63, 3.8) is 0 Å². The number of nitrogen functional groups attached to an aromatic ring is 1. The van der Waals surface area contributed by atoms with E-state index in [4.69, 9.17) is 39.1 Å². The van der Waals surface area contributed by atoms with E-state index in [-0.39, 0.29) is 71.9 Å². The summed E-state index contributed by atoms with van der Waals surface area (Å²) >= 11 is 13.3. The van der Waals surface area contributed by atoms with Crippen LogP contribution in [-0.4, -0.2) is 83.9 Å². The van der Waals surface area contributed by atoms with Gasteiger partial charge in [-0.1, -0.05) is 47.5 Å². The van der Waals surface area contributed by atoms with Crippen LogP contribution in [0.2, 0.25) is 10.0 Å². The quantitative estimate of drug-likeness (QED) is 0.188. The number of amides is 2. The molecule has 3 aromatic carbocycles. The lowest BCUT2D eigenvalue weighted by Crippen LogP contribution is -2.55. The van der Waals surface area contributed by atoms with E-state index < -0.39 is 16.1 Å². The number of para-hydroxylation sites is 1. The molecule has 6 rings (SSSR count). The second-order valence-corrected chi connectivity index (χ2v) is 14.9. The van der Waals surface area contributed by atoms with Crippen molar-refractivity contribution in [1.82, 2.24) is 19.1 Å². The first-order chi connectivity index (χ1) is 23.4. The van der Waals surface area contributed by atoms with Gasteiger partial charge in [-0.05, 0) is 68.7 Å². The van der Waals surface area contributed by atoms with E-state index >= 15 is 0 Å². The summed E-state index contributed by atoms with van der Waals surface area (Å²) < 4.78 is 35.6. The van der Waals surface area contributed by atoms with E-state index in [0.717, 1.165) is 16.6 Å². The highest BCUT2D eigenvalue weighted by Gasteiger charge is 2.43. The molecule has 256 valence electrons. The number of nitrogens with two attached hydrogens (primary N) is 1. The number of sulfonamides is 1. The van der Waals surface area contributed by atoms with E-state index in [0.29, 0.717) is 40.8 Å². The minimum absolute atomic E-state index is 0.0628. The Labute approximate surface area is 295 Å². The average molecular weight is 724 g/mol. The number of aryl methyl sites for hydroxylation is 2. The Morgan fingerprint density at radius 1 is 0.959 bits per heavy atom. The number of nitrogens with one attached hydrogen (secondary N) is 1. The molecule has 11 nitrogen and oxygen atoms in total. The van der Waals surface area contributed by atoms with Gasteiger partial charge in [-0.25, -0.2) is 13.4 Å². The van der Waals surface area contributed by atoms with E-state index in [1.807, 2.05) is 32.0 Å². The van der Waals surface area contributed by atoms with Crippen LogP contribution in [0.15, 0.2) is 65.6 Å². The third kappa shape index (κ3) is 6.83. The molecule has 2 saturated heterocycles. The number of aromatic nitrogens is 1. The Morgan fingerprint density at radius 3 is 2.39 bits per heavy atom. The zero-order valence-electron chi connectivity index (χ0n) is 27.1. The Bertz CT molecular complexity index is 2080. The fourth-order valence-electron chi connectivity index (χ4n) is 6.47. The van der Waals surface area contributed by atoms with E-state index in [2.05, 4.69) is 4.98 Å². The van der Waals surface area contributed by atoms with Crippen molar-refractivity contribution in [1.29, 1.82) is 5.41 Å². The number of pyridine rings is 1. The lowest BCUT2D eigenvalue weighted by Gasteiger charge is -2.37. The third-order valence-electron chi connectivity index (χ3n) is 9.03. The van der Waals surface area contributed by atoms with Crippen LogP contribution in [0.1, 0.15) is 45.6 Å². The Morgan fingerprint density at radius 2 is 1.65 bits per heavy atom. The monoisotopic (exact) mass is 722 g/mol. The molecule has 14 heteroatoms. The first-order valence-corrected chi connectivity index (χ1v) is 18.1. The number of rotatable bonds is 8. The molecule has 2 amide bonds. The number of benzene rings is 3. The number of hydrogen-bond acceptors (Lipinski definition) is 7. The number of nitrogens with zero attached hydrogens (tertiary/aromatic N) is 4.